The van der Waals surface area contributed by atoms with E-state index in [2.05, 4.69) is 34.1 Å². The monoisotopic (exact) mass is 565 g/mol. The average Bonchev–Trinajstić information content (AvgIpc) is 3.51. The van der Waals surface area contributed by atoms with Crippen molar-refractivity contribution in [1.82, 2.24) is 24.3 Å². The van der Waals surface area contributed by atoms with Gasteiger partial charge in [0, 0.05) is 33.3 Å². The van der Waals surface area contributed by atoms with Crippen molar-refractivity contribution in [2.45, 2.75) is 39.3 Å². The molecule has 0 radical (unpaired) electrons. The Morgan fingerprint density at radius 2 is 1.60 bits per heavy atom. The van der Waals surface area contributed by atoms with Crippen LogP contribution in [0, 0.1) is 13.8 Å². The molecule has 1 saturated heterocycles. The third-order valence-electron chi connectivity index (χ3n) is 8.39. The van der Waals surface area contributed by atoms with E-state index in [-0.39, 0.29) is 30.0 Å². The highest BCUT2D eigenvalue weighted by atomic mass is 16.2. The zero-order valence-corrected chi connectivity index (χ0v) is 25.1. The van der Waals surface area contributed by atoms with Crippen LogP contribution >= 0.6 is 0 Å². The fourth-order valence-electron chi connectivity index (χ4n) is 5.65. The number of aromatic nitrogens is 2. The van der Waals surface area contributed by atoms with Crippen molar-refractivity contribution in [1.29, 1.82) is 0 Å². The van der Waals surface area contributed by atoms with Gasteiger partial charge in [0.1, 0.15) is 6.54 Å². The van der Waals surface area contributed by atoms with Crippen LogP contribution in [0.5, 0.6) is 0 Å². The molecule has 8 nitrogen and oxygen atoms in total. The molecule has 1 aliphatic rings. The number of likely N-dealkylation sites (tertiary alicyclic amines) is 1. The smallest absolute Gasteiger partial charge is 0.269 e. The number of likely N-dealkylation sites (N-methyl/N-ethyl adjacent to an activating group) is 1. The second-order valence-corrected chi connectivity index (χ2v) is 11.5. The first kappa shape index (κ1) is 29.2. The van der Waals surface area contributed by atoms with Crippen LogP contribution in [-0.4, -0.2) is 76.8 Å². The predicted octanol–water partition coefficient (Wildman–Crippen LogP) is 4.68. The largest absolute Gasteiger partial charge is 0.345 e. The number of fused-ring (bicyclic) bond motifs is 1. The SMILES string of the molecule is Cc1cc2ncc(=O)n(CC(=O)N(C)C(CN3CCCC3)c3ccc(-c4cccc(C(=O)N(C)C)c4)cc3)c2cc1C. The number of amides is 2. The Kier molecular flexibility index (Phi) is 8.54. The molecule has 2 heterocycles. The summed E-state index contributed by atoms with van der Waals surface area (Å²) in [6.07, 6.45) is 3.61. The summed E-state index contributed by atoms with van der Waals surface area (Å²) in [6, 6.07) is 19.6. The Balaban J connectivity index is 1.43. The zero-order valence-electron chi connectivity index (χ0n) is 25.1. The number of benzene rings is 3. The summed E-state index contributed by atoms with van der Waals surface area (Å²) < 4.78 is 1.53. The maximum absolute atomic E-state index is 13.8. The van der Waals surface area contributed by atoms with Crippen LogP contribution in [0.15, 0.2) is 71.7 Å². The van der Waals surface area contributed by atoms with E-state index in [1.54, 1.807) is 23.9 Å². The molecule has 5 rings (SSSR count). The minimum Gasteiger partial charge on any atom is -0.345 e. The summed E-state index contributed by atoms with van der Waals surface area (Å²) in [6.45, 7) is 6.69. The quantitative estimate of drug-likeness (QED) is 0.310. The normalized spacial score (nSPS) is 14.2. The summed E-state index contributed by atoms with van der Waals surface area (Å²) >= 11 is 0. The van der Waals surface area contributed by atoms with Crippen LogP contribution in [-0.2, 0) is 11.3 Å². The van der Waals surface area contributed by atoms with Crippen LogP contribution in [0.2, 0.25) is 0 Å². The molecule has 0 N–H and O–H groups in total. The molecular weight excluding hydrogens is 526 g/mol. The molecule has 1 atom stereocenters. The number of carbonyl (C=O) groups is 2. The van der Waals surface area contributed by atoms with Gasteiger partial charge in [0.25, 0.3) is 11.5 Å². The topological polar surface area (TPSA) is 78.8 Å². The van der Waals surface area contributed by atoms with Crippen molar-refractivity contribution < 1.29 is 9.59 Å². The minimum atomic E-state index is -0.289. The Labute approximate surface area is 247 Å². The Bertz CT molecular complexity index is 1670. The molecule has 1 aliphatic heterocycles. The summed E-state index contributed by atoms with van der Waals surface area (Å²) in [5.41, 5.74) is 6.86. The Hall–Kier alpha value is -4.30. The molecule has 3 aromatic carbocycles. The lowest BCUT2D eigenvalue weighted by Gasteiger charge is -2.32. The molecule has 0 bridgehead atoms. The molecule has 4 aromatic rings. The summed E-state index contributed by atoms with van der Waals surface area (Å²) in [5, 5.41) is 0. The van der Waals surface area contributed by atoms with Gasteiger partial charge in [0.2, 0.25) is 5.91 Å². The second-order valence-electron chi connectivity index (χ2n) is 11.5. The van der Waals surface area contributed by atoms with E-state index in [4.69, 9.17) is 0 Å². The van der Waals surface area contributed by atoms with Crippen molar-refractivity contribution in [3.8, 4) is 11.1 Å². The standard InChI is InChI=1S/C34H39N5O3/c1-23-17-29-30(18-24(23)2)39(32(40)20-35-29)22-33(41)37(5)31(21-38-15-6-7-16-38)26-13-11-25(12-14-26)27-9-8-10-28(19-27)34(42)36(3)4/h8-14,17-20,31H,6-7,15-16,21-22H2,1-5H3. The third kappa shape index (κ3) is 6.14. The molecule has 1 aromatic heterocycles. The van der Waals surface area contributed by atoms with Crippen molar-refractivity contribution in [2.24, 2.45) is 0 Å². The average molecular weight is 566 g/mol. The van der Waals surface area contributed by atoms with Gasteiger partial charge in [-0.3, -0.25) is 19.0 Å². The van der Waals surface area contributed by atoms with E-state index in [9.17, 15) is 14.4 Å². The molecule has 0 aliphatic carbocycles. The number of aryl methyl sites for hydroxylation is 2. The highest BCUT2D eigenvalue weighted by Gasteiger charge is 2.26. The van der Waals surface area contributed by atoms with Crippen molar-refractivity contribution in [3.63, 3.8) is 0 Å². The molecule has 0 saturated carbocycles. The van der Waals surface area contributed by atoms with E-state index in [0.29, 0.717) is 16.6 Å². The van der Waals surface area contributed by atoms with Gasteiger partial charge in [-0.1, -0.05) is 36.4 Å². The fraction of sp³-hybridized carbons (Fsp3) is 0.353. The lowest BCUT2D eigenvalue weighted by molar-refractivity contribution is -0.133. The predicted molar refractivity (Wildman–Crippen MR) is 167 cm³/mol. The highest BCUT2D eigenvalue weighted by molar-refractivity contribution is 5.95. The van der Waals surface area contributed by atoms with Crippen LogP contribution in [0.1, 0.15) is 45.9 Å². The fourth-order valence-corrected chi connectivity index (χ4v) is 5.65. The number of nitrogens with zero attached hydrogens (tertiary/aromatic N) is 5. The van der Waals surface area contributed by atoms with Crippen LogP contribution in [0.25, 0.3) is 22.2 Å². The number of rotatable bonds is 8. The molecule has 8 heteroatoms. The first-order valence-electron chi connectivity index (χ1n) is 14.5. The van der Waals surface area contributed by atoms with Gasteiger partial charge in [-0.15, -0.1) is 0 Å². The Morgan fingerprint density at radius 1 is 0.905 bits per heavy atom. The van der Waals surface area contributed by atoms with Gasteiger partial charge >= 0.3 is 0 Å². The molecule has 1 unspecified atom stereocenters. The van der Waals surface area contributed by atoms with E-state index in [1.807, 2.05) is 57.3 Å². The van der Waals surface area contributed by atoms with Gasteiger partial charge in [0.15, 0.2) is 0 Å². The summed E-state index contributed by atoms with van der Waals surface area (Å²) in [7, 11) is 5.33. The molecule has 218 valence electrons. The van der Waals surface area contributed by atoms with E-state index in [1.165, 1.54) is 10.8 Å². The number of hydrogen-bond acceptors (Lipinski definition) is 5. The Morgan fingerprint density at radius 3 is 2.29 bits per heavy atom. The first-order chi connectivity index (χ1) is 20.1. The minimum absolute atomic E-state index is 0.0364. The maximum Gasteiger partial charge on any atom is 0.269 e. The lowest BCUT2D eigenvalue weighted by Crippen LogP contribution is -2.41. The van der Waals surface area contributed by atoms with Gasteiger partial charge in [-0.05, 0) is 91.9 Å². The van der Waals surface area contributed by atoms with Crippen molar-refractivity contribution in [3.05, 3.63) is 99.5 Å². The van der Waals surface area contributed by atoms with E-state index >= 15 is 0 Å². The maximum atomic E-state index is 13.8. The van der Waals surface area contributed by atoms with Gasteiger partial charge < -0.3 is 14.7 Å². The van der Waals surface area contributed by atoms with Gasteiger partial charge in [-0.25, -0.2) is 4.98 Å². The zero-order chi connectivity index (χ0) is 30.0. The summed E-state index contributed by atoms with van der Waals surface area (Å²) in [4.78, 5) is 49.2. The molecule has 0 spiro atoms. The molecule has 1 fully saturated rings. The summed E-state index contributed by atoms with van der Waals surface area (Å²) in [5.74, 6) is -0.170. The van der Waals surface area contributed by atoms with Gasteiger partial charge in [-0.2, -0.15) is 0 Å². The van der Waals surface area contributed by atoms with E-state index < -0.39 is 0 Å². The highest BCUT2D eigenvalue weighted by Crippen LogP contribution is 2.28. The lowest BCUT2D eigenvalue weighted by atomic mass is 9.98. The van der Waals surface area contributed by atoms with Crippen molar-refractivity contribution in [2.75, 3.05) is 40.8 Å². The van der Waals surface area contributed by atoms with Crippen LogP contribution in [0.3, 0.4) is 0 Å². The number of hydrogen-bond donors (Lipinski definition) is 0. The molecular formula is C34H39N5O3. The molecule has 2 amide bonds. The van der Waals surface area contributed by atoms with Crippen LogP contribution in [0.4, 0.5) is 0 Å². The molecule has 42 heavy (non-hydrogen) atoms. The van der Waals surface area contributed by atoms with Crippen LogP contribution < -0.4 is 5.56 Å². The van der Waals surface area contributed by atoms with Crippen molar-refractivity contribution >= 4 is 22.8 Å². The van der Waals surface area contributed by atoms with E-state index in [0.717, 1.165) is 60.3 Å². The van der Waals surface area contributed by atoms with Gasteiger partial charge in [0.05, 0.1) is 23.3 Å². The second kappa shape index (κ2) is 12.3. The number of carbonyl (C=O) groups excluding carboxylic acids is 2. The third-order valence-corrected chi connectivity index (χ3v) is 8.39. The first-order valence-corrected chi connectivity index (χ1v) is 14.5.